The minimum Gasteiger partial charge on any atom is -0.383 e. The van der Waals surface area contributed by atoms with Crippen molar-refractivity contribution in [2.45, 2.75) is 13.0 Å². The summed E-state index contributed by atoms with van der Waals surface area (Å²) in [5, 5.41) is 20.2. The first-order valence-corrected chi connectivity index (χ1v) is 10.0. The van der Waals surface area contributed by atoms with E-state index in [2.05, 4.69) is 25.6 Å². The Morgan fingerprint density at radius 2 is 2.09 bits per heavy atom. The molecular weight excluding hydrogens is 415 g/mol. The maximum atomic E-state index is 14.2. The van der Waals surface area contributed by atoms with E-state index in [0.717, 1.165) is 11.4 Å². The second kappa shape index (κ2) is 6.72. The predicted octanol–water partition coefficient (Wildman–Crippen LogP) is 2.45. The number of aryl methyl sites for hydroxylation is 2. The van der Waals surface area contributed by atoms with Gasteiger partial charge in [0.2, 0.25) is 5.95 Å². The van der Waals surface area contributed by atoms with Gasteiger partial charge >= 0.3 is 0 Å². The summed E-state index contributed by atoms with van der Waals surface area (Å²) in [6.07, 6.45) is 3.42. The molecular formula is C20H19FN10O. The molecule has 0 unspecified atom stereocenters. The lowest BCUT2D eigenvalue weighted by atomic mass is 10.0. The molecule has 0 amide bonds. The largest absolute Gasteiger partial charge is 0.383 e. The average molecular weight is 434 g/mol. The van der Waals surface area contributed by atoms with Crippen molar-refractivity contribution in [3.63, 3.8) is 0 Å². The maximum Gasteiger partial charge on any atom is 0.231 e. The number of ether oxygens (including phenoxy) is 1. The third kappa shape index (κ3) is 2.73. The van der Waals surface area contributed by atoms with E-state index in [1.54, 1.807) is 16.9 Å². The lowest BCUT2D eigenvalue weighted by Crippen LogP contribution is -2.31. The zero-order valence-corrected chi connectivity index (χ0v) is 17.3. The highest BCUT2D eigenvalue weighted by Gasteiger charge is 2.28. The summed E-state index contributed by atoms with van der Waals surface area (Å²) in [6, 6.07) is 3.07. The molecule has 1 fully saturated rings. The van der Waals surface area contributed by atoms with E-state index >= 15 is 0 Å². The van der Waals surface area contributed by atoms with Crippen LogP contribution in [0.25, 0.3) is 33.2 Å². The number of nitrogens with two attached hydrogens (primary N) is 1. The Hall–Kier alpha value is -4.06. The Morgan fingerprint density at radius 3 is 2.81 bits per heavy atom. The van der Waals surface area contributed by atoms with E-state index in [0.29, 0.717) is 52.4 Å². The Balaban J connectivity index is 1.56. The number of nitrogen functional groups attached to an aromatic ring is 1. The first-order valence-electron chi connectivity index (χ1n) is 10.0. The topological polar surface area (TPSA) is 137 Å². The molecule has 0 radical (unpaired) electrons. The van der Waals surface area contributed by atoms with Crippen LogP contribution in [0.5, 0.6) is 0 Å². The van der Waals surface area contributed by atoms with Gasteiger partial charge in [-0.05, 0) is 19.1 Å². The number of hydrogen-bond acceptors (Lipinski definition) is 8. The smallest absolute Gasteiger partial charge is 0.231 e. The zero-order chi connectivity index (χ0) is 22.0. The summed E-state index contributed by atoms with van der Waals surface area (Å²) in [5.74, 6) is 0.216. The monoisotopic (exact) mass is 434 g/mol. The summed E-state index contributed by atoms with van der Waals surface area (Å²) >= 11 is 0. The third-order valence-corrected chi connectivity index (χ3v) is 5.63. The van der Waals surface area contributed by atoms with Crippen molar-refractivity contribution < 1.29 is 9.13 Å². The second-order valence-corrected chi connectivity index (χ2v) is 7.80. The van der Waals surface area contributed by atoms with Gasteiger partial charge in [0.1, 0.15) is 28.9 Å². The van der Waals surface area contributed by atoms with Crippen LogP contribution in [0.15, 0.2) is 24.5 Å². The highest BCUT2D eigenvalue weighted by molar-refractivity contribution is 6.05. The molecule has 1 aliphatic heterocycles. The number of rotatable bonds is 4. The molecule has 0 atom stereocenters. The van der Waals surface area contributed by atoms with Crippen LogP contribution >= 0.6 is 0 Å². The highest BCUT2D eigenvalue weighted by atomic mass is 19.1. The molecule has 0 saturated carbocycles. The van der Waals surface area contributed by atoms with Crippen LogP contribution in [0.1, 0.15) is 11.7 Å². The van der Waals surface area contributed by atoms with Crippen LogP contribution in [0.2, 0.25) is 0 Å². The van der Waals surface area contributed by atoms with Crippen molar-refractivity contribution in [3.05, 3.63) is 36.0 Å². The minimum absolute atomic E-state index is 0.0221. The van der Waals surface area contributed by atoms with Crippen LogP contribution in [0.4, 0.5) is 21.8 Å². The molecule has 0 spiro atoms. The van der Waals surface area contributed by atoms with E-state index < -0.39 is 0 Å². The number of benzene rings is 1. The van der Waals surface area contributed by atoms with Crippen LogP contribution < -0.4 is 11.1 Å². The zero-order valence-electron chi connectivity index (χ0n) is 17.3. The number of nitrogens with zero attached hydrogens (tertiary/aromatic N) is 7. The van der Waals surface area contributed by atoms with E-state index in [4.69, 9.17) is 20.6 Å². The summed E-state index contributed by atoms with van der Waals surface area (Å²) in [7, 11) is 1.84. The number of H-pyrrole nitrogens is 1. The minimum atomic E-state index is -0.389. The van der Waals surface area contributed by atoms with Gasteiger partial charge in [-0.15, -0.1) is 0 Å². The average Bonchev–Trinajstić information content (AvgIpc) is 3.40. The Labute approximate surface area is 180 Å². The number of anilines is 3. The van der Waals surface area contributed by atoms with Crippen molar-refractivity contribution in [3.8, 4) is 11.3 Å². The molecule has 4 aromatic heterocycles. The fourth-order valence-electron chi connectivity index (χ4n) is 3.98. The molecule has 11 nitrogen and oxygen atoms in total. The van der Waals surface area contributed by atoms with Crippen molar-refractivity contribution in [1.82, 2.24) is 39.7 Å². The maximum absolute atomic E-state index is 14.2. The van der Waals surface area contributed by atoms with Crippen molar-refractivity contribution >= 4 is 39.4 Å². The number of aromatic nitrogens is 8. The van der Waals surface area contributed by atoms with Crippen molar-refractivity contribution in [2.24, 2.45) is 7.05 Å². The quantitative estimate of drug-likeness (QED) is 0.392. The van der Waals surface area contributed by atoms with Gasteiger partial charge in [-0.25, -0.2) is 9.07 Å². The molecule has 1 saturated heterocycles. The molecule has 4 N–H and O–H groups in total. The van der Waals surface area contributed by atoms with Gasteiger partial charge in [-0.3, -0.25) is 9.78 Å². The van der Waals surface area contributed by atoms with E-state index in [1.165, 1.54) is 6.07 Å². The van der Waals surface area contributed by atoms with Crippen LogP contribution in [-0.2, 0) is 11.8 Å². The van der Waals surface area contributed by atoms with Gasteiger partial charge in [0.25, 0.3) is 0 Å². The fraction of sp³-hybridized carbons (Fsp3) is 0.250. The van der Waals surface area contributed by atoms with Crippen LogP contribution in [0.3, 0.4) is 0 Å². The SMILES string of the molecule is Cc1nn(C)cc1Nc1nc(N)c2c(-c3ccc(F)c4[nH]ncc34)nn(C3COC3)c2n1. The molecule has 6 rings (SSSR count). The van der Waals surface area contributed by atoms with Gasteiger partial charge in [0, 0.05) is 24.2 Å². The summed E-state index contributed by atoms with van der Waals surface area (Å²) in [4.78, 5) is 9.20. The number of fused-ring (bicyclic) bond motifs is 2. The molecule has 1 aromatic carbocycles. The Bertz CT molecular complexity index is 1500. The van der Waals surface area contributed by atoms with Crippen LogP contribution in [0, 0.1) is 12.7 Å². The highest BCUT2D eigenvalue weighted by Crippen LogP contribution is 2.37. The number of aromatic amines is 1. The van der Waals surface area contributed by atoms with E-state index in [-0.39, 0.29) is 17.7 Å². The van der Waals surface area contributed by atoms with Gasteiger partial charge < -0.3 is 15.8 Å². The molecule has 5 aromatic rings. The second-order valence-electron chi connectivity index (χ2n) is 7.80. The summed E-state index contributed by atoms with van der Waals surface area (Å²) in [5.41, 5.74) is 10.2. The summed E-state index contributed by atoms with van der Waals surface area (Å²) < 4.78 is 23.1. The van der Waals surface area contributed by atoms with Crippen molar-refractivity contribution in [2.75, 3.05) is 24.3 Å². The third-order valence-electron chi connectivity index (χ3n) is 5.63. The first-order chi connectivity index (χ1) is 15.5. The van der Waals surface area contributed by atoms with Gasteiger partial charge in [-0.2, -0.15) is 25.3 Å². The number of hydrogen-bond donors (Lipinski definition) is 3. The normalized spacial score (nSPS) is 14.3. The van der Waals surface area contributed by atoms with E-state index in [9.17, 15) is 4.39 Å². The standard InChI is InChI=1S/C20H19FN10O/c1-9-14(6-30(2)28-9)24-20-25-18(22)15-17(29-31(19(15)26-20)10-7-32-8-10)11-3-4-13(21)16-12(11)5-23-27-16/h3-6,10H,7-8H2,1-2H3,(H,23,27)(H3,22,24,25,26). The number of nitrogens with one attached hydrogen (secondary N) is 2. The van der Waals surface area contributed by atoms with Crippen molar-refractivity contribution in [1.29, 1.82) is 0 Å². The lowest BCUT2D eigenvalue weighted by molar-refractivity contribution is -0.0268. The first kappa shape index (κ1) is 18.7. The molecule has 5 heterocycles. The predicted molar refractivity (Wildman–Crippen MR) is 116 cm³/mol. The number of halogens is 1. The molecule has 32 heavy (non-hydrogen) atoms. The molecule has 162 valence electrons. The molecule has 0 bridgehead atoms. The molecule has 0 aliphatic carbocycles. The molecule has 1 aliphatic rings. The van der Waals surface area contributed by atoms with Gasteiger partial charge in [0.05, 0.1) is 36.2 Å². The van der Waals surface area contributed by atoms with Gasteiger partial charge in [-0.1, -0.05) is 0 Å². The Kier molecular flexibility index (Phi) is 3.92. The fourth-order valence-corrected chi connectivity index (χ4v) is 3.98. The van der Waals surface area contributed by atoms with E-state index in [1.807, 2.05) is 24.9 Å². The summed E-state index contributed by atoms with van der Waals surface area (Å²) in [6.45, 7) is 2.94. The lowest BCUT2D eigenvalue weighted by Gasteiger charge is -2.26. The Morgan fingerprint density at radius 1 is 1.25 bits per heavy atom. The van der Waals surface area contributed by atoms with Gasteiger partial charge in [0.15, 0.2) is 5.65 Å². The molecule has 12 heteroatoms. The van der Waals surface area contributed by atoms with Crippen LogP contribution in [-0.4, -0.2) is 52.9 Å².